The van der Waals surface area contributed by atoms with E-state index in [1.807, 2.05) is 13.8 Å². The monoisotopic (exact) mass is 454 g/mol. The number of nitrogens with one attached hydrogen (secondary N) is 1. The van der Waals surface area contributed by atoms with Gasteiger partial charge in [-0.1, -0.05) is 25.0 Å². The van der Waals surface area contributed by atoms with Crippen LogP contribution in [-0.4, -0.2) is 31.2 Å². The summed E-state index contributed by atoms with van der Waals surface area (Å²) in [6.45, 7) is 4.40. The van der Waals surface area contributed by atoms with Gasteiger partial charge in [-0.05, 0) is 62.6 Å². The van der Waals surface area contributed by atoms with E-state index in [4.69, 9.17) is 4.42 Å². The Morgan fingerprint density at radius 3 is 2.59 bits per heavy atom. The highest BCUT2D eigenvalue weighted by atomic mass is 32.2. The molecule has 0 spiro atoms. The first-order valence-corrected chi connectivity index (χ1v) is 12.2. The lowest BCUT2D eigenvalue weighted by Gasteiger charge is -2.34. The fourth-order valence-electron chi connectivity index (χ4n) is 4.12. The first kappa shape index (κ1) is 22.2. The molecule has 7 nitrogen and oxygen atoms in total. The van der Waals surface area contributed by atoms with E-state index in [0.29, 0.717) is 23.2 Å². The van der Waals surface area contributed by atoms with Gasteiger partial charge in [-0.2, -0.15) is 4.31 Å². The van der Waals surface area contributed by atoms with Crippen molar-refractivity contribution in [2.24, 2.45) is 0 Å². The molecule has 1 N–H and O–H groups in total. The van der Waals surface area contributed by atoms with Crippen molar-refractivity contribution in [2.75, 3.05) is 11.9 Å². The standard InChI is InChI=1S/C24H26N2O5S/c1-3-18-6-4-5-13-26(18)32(29,30)19-10-8-17(9-11-19)25-24(28)23-15-21(27)20-14-16(2)7-12-22(20)31-23/h7-12,14-15,18H,3-6,13H2,1-2H3,(H,25,28)/t18-/m1/s1. The van der Waals surface area contributed by atoms with Gasteiger partial charge in [0.05, 0.1) is 10.3 Å². The van der Waals surface area contributed by atoms with Gasteiger partial charge in [0.25, 0.3) is 5.91 Å². The van der Waals surface area contributed by atoms with Gasteiger partial charge >= 0.3 is 0 Å². The Balaban J connectivity index is 1.54. The summed E-state index contributed by atoms with van der Waals surface area (Å²) in [5, 5.41) is 3.08. The van der Waals surface area contributed by atoms with E-state index in [1.165, 1.54) is 24.3 Å². The largest absolute Gasteiger partial charge is 0.451 e. The topological polar surface area (TPSA) is 96.7 Å². The molecule has 168 valence electrons. The van der Waals surface area contributed by atoms with Gasteiger partial charge in [0.15, 0.2) is 11.2 Å². The fourth-order valence-corrected chi connectivity index (χ4v) is 5.89. The number of sulfonamides is 1. The van der Waals surface area contributed by atoms with E-state index < -0.39 is 15.9 Å². The van der Waals surface area contributed by atoms with Gasteiger partial charge in [-0.25, -0.2) is 8.42 Å². The van der Waals surface area contributed by atoms with E-state index in [2.05, 4.69) is 5.32 Å². The molecule has 0 radical (unpaired) electrons. The average molecular weight is 455 g/mol. The van der Waals surface area contributed by atoms with Crippen LogP contribution in [0, 0.1) is 6.92 Å². The number of hydrogen-bond donors (Lipinski definition) is 1. The summed E-state index contributed by atoms with van der Waals surface area (Å²) < 4.78 is 33.4. The third-order valence-corrected chi connectivity index (χ3v) is 7.84. The summed E-state index contributed by atoms with van der Waals surface area (Å²) in [7, 11) is -3.59. The second-order valence-electron chi connectivity index (χ2n) is 8.13. The normalized spacial score (nSPS) is 17.4. The van der Waals surface area contributed by atoms with Gasteiger partial charge in [-0.3, -0.25) is 9.59 Å². The van der Waals surface area contributed by atoms with Crippen LogP contribution in [-0.2, 0) is 10.0 Å². The van der Waals surface area contributed by atoms with Crippen LogP contribution >= 0.6 is 0 Å². The maximum absolute atomic E-state index is 13.1. The lowest BCUT2D eigenvalue weighted by atomic mass is 10.0. The molecule has 1 amide bonds. The minimum atomic E-state index is -3.59. The number of aryl methyl sites for hydroxylation is 1. The maximum atomic E-state index is 13.1. The smallest absolute Gasteiger partial charge is 0.291 e. The number of amides is 1. The summed E-state index contributed by atoms with van der Waals surface area (Å²) in [4.78, 5) is 25.2. The maximum Gasteiger partial charge on any atom is 0.291 e. The van der Waals surface area contributed by atoms with Crippen LogP contribution in [0.3, 0.4) is 0 Å². The highest BCUT2D eigenvalue weighted by Crippen LogP contribution is 2.27. The SMILES string of the molecule is CC[C@@H]1CCCCN1S(=O)(=O)c1ccc(NC(=O)c2cc(=O)c3cc(C)ccc3o2)cc1. The molecular weight excluding hydrogens is 428 g/mol. The van der Waals surface area contributed by atoms with E-state index in [9.17, 15) is 18.0 Å². The molecule has 0 saturated carbocycles. The van der Waals surface area contributed by atoms with E-state index in [0.717, 1.165) is 37.3 Å². The van der Waals surface area contributed by atoms with Crippen LogP contribution in [0.15, 0.2) is 62.6 Å². The molecule has 1 aromatic heterocycles. The van der Waals surface area contributed by atoms with Crippen molar-refractivity contribution in [2.45, 2.75) is 50.5 Å². The van der Waals surface area contributed by atoms with E-state index in [1.54, 1.807) is 22.5 Å². The number of benzene rings is 2. The first-order chi connectivity index (χ1) is 15.3. The van der Waals surface area contributed by atoms with Crippen molar-refractivity contribution < 1.29 is 17.6 Å². The number of anilines is 1. The van der Waals surface area contributed by atoms with Crippen LogP contribution in [0.4, 0.5) is 5.69 Å². The average Bonchev–Trinajstić information content (AvgIpc) is 2.79. The Bertz CT molecular complexity index is 1310. The fraction of sp³-hybridized carbons (Fsp3) is 0.333. The number of hydrogen-bond acceptors (Lipinski definition) is 5. The molecule has 0 unspecified atom stereocenters. The first-order valence-electron chi connectivity index (χ1n) is 10.8. The molecule has 1 atom stereocenters. The molecule has 8 heteroatoms. The Kier molecular flexibility index (Phi) is 6.17. The lowest BCUT2D eigenvalue weighted by Crippen LogP contribution is -2.43. The molecule has 2 aromatic carbocycles. The highest BCUT2D eigenvalue weighted by molar-refractivity contribution is 7.89. The van der Waals surface area contributed by atoms with E-state index >= 15 is 0 Å². The van der Waals surface area contributed by atoms with Crippen molar-refractivity contribution >= 4 is 32.6 Å². The summed E-state index contributed by atoms with van der Waals surface area (Å²) >= 11 is 0. The number of fused-ring (bicyclic) bond motifs is 1. The summed E-state index contributed by atoms with van der Waals surface area (Å²) in [6.07, 6.45) is 3.56. The van der Waals surface area contributed by atoms with Crippen molar-refractivity contribution in [1.82, 2.24) is 4.31 Å². The molecule has 0 aliphatic carbocycles. The number of piperidine rings is 1. The van der Waals surface area contributed by atoms with Crippen LogP contribution in [0.25, 0.3) is 11.0 Å². The van der Waals surface area contributed by atoms with Gasteiger partial charge in [0, 0.05) is 24.3 Å². The molecule has 32 heavy (non-hydrogen) atoms. The molecule has 1 saturated heterocycles. The summed E-state index contributed by atoms with van der Waals surface area (Å²) in [5.41, 5.74) is 1.37. The number of carbonyl (C=O) groups is 1. The van der Waals surface area contributed by atoms with Crippen LogP contribution in [0.5, 0.6) is 0 Å². The minimum Gasteiger partial charge on any atom is -0.451 e. The lowest BCUT2D eigenvalue weighted by molar-refractivity contribution is 0.0997. The van der Waals surface area contributed by atoms with Crippen molar-refractivity contribution in [3.05, 3.63) is 70.1 Å². The second kappa shape index (κ2) is 8.88. The molecular formula is C24H26N2O5S. The molecule has 1 aliphatic heterocycles. The highest BCUT2D eigenvalue weighted by Gasteiger charge is 2.32. The Morgan fingerprint density at radius 2 is 1.88 bits per heavy atom. The quantitative estimate of drug-likeness (QED) is 0.620. The minimum absolute atomic E-state index is 0.0210. The van der Waals surface area contributed by atoms with Gasteiger partial charge < -0.3 is 9.73 Å². The zero-order valence-corrected chi connectivity index (χ0v) is 18.9. The summed E-state index contributed by atoms with van der Waals surface area (Å²) in [6, 6.07) is 12.4. The number of rotatable bonds is 5. The zero-order valence-electron chi connectivity index (χ0n) is 18.1. The van der Waals surface area contributed by atoms with Crippen molar-refractivity contribution in [3.8, 4) is 0 Å². The zero-order chi connectivity index (χ0) is 22.9. The third-order valence-electron chi connectivity index (χ3n) is 5.87. The molecule has 4 rings (SSSR count). The van der Waals surface area contributed by atoms with Crippen LogP contribution in [0.1, 0.15) is 48.7 Å². The number of nitrogens with zero attached hydrogens (tertiary/aromatic N) is 1. The predicted octanol–water partition coefficient (Wildman–Crippen LogP) is 4.31. The Hall–Kier alpha value is -2.97. The molecule has 2 heterocycles. The third kappa shape index (κ3) is 4.33. The molecule has 1 fully saturated rings. The van der Waals surface area contributed by atoms with Crippen molar-refractivity contribution in [3.63, 3.8) is 0 Å². The van der Waals surface area contributed by atoms with Crippen molar-refractivity contribution in [1.29, 1.82) is 0 Å². The molecule has 3 aromatic rings. The molecule has 0 bridgehead atoms. The van der Waals surface area contributed by atoms with Gasteiger partial charge in [-0.15, -0.1) is 0 Å². The van der Waals surface area contributed by atoms with Gasteiger partial charge in [0.1, 0.15) is 5.58 Å². The van der Waals surface area contributed by atoms with Crippen LogP contribution < -0.4 is 10.7 Å². The Labute approximate surface area is 187 Å². The van der Waals surface area contributed by atoms with Gasteiger partial charge in [0.2, 0.25) is 10.0 Å². The van der Waals surface area contributed by atoms with E-state index in [-0.39, 0.29) is 22.1 Å². The van der Waals surface area contributed by atoms with Crippen LogP contribution in [0.2, 0.25) is 0 Å². The second-order valence-corrected chi connectivity index (χ2v) is 10.0. The summed E-state index contributed by atoms with van der Waals surface area (Å²) in [5.74, 6) is -0.690. The number of carbonyl (C=O) groups excluding carboxylic acids is 1. The Morgan fingerprint density at radius 1 is 1.12 bits per heavy atom. The molecule has 1 aliphatic rings. The predicted molar refractivity (Wildman–Crippen MR) is 123 cm³/mol.